The van der Waals surface area contributed by atoms with Crippen molar-refractivity contribution in [3.63, 3.8) is 0 Å². The van der Waals surface area contributed by atoms with E-state index >= 15 is 0 Å². The third kappa shape index (κ3) is 6.82. The lowest BCUT2D eigenvalue weighted by Crippen LogP contribution is -2.53. The van der Waals surface area contributed by atoms with Gasteiger partial charge in [0.2, 0.25) is 5.75 Å². The molecule has 0 radical (unpaired) electrons. The highest BCUT2D eigenvalue weighted by Crippen LogP contribution is 2.68. The highest BCUT2D eigenvalue weighted by atomic mass is 16.5. The molecule has 10 heteroatoms. The summed E-state index contributed by atoms with van der Waals surface area (Å²) in [5, 5.41) is 56.4. The van der Waals surface area contributed by atoms with Crippen LogP contribution in [0, 0.1) is 41.4 Å². The summed E-state index contributed by atoms with van der Waals surface area (Å²) in [4.78, 5) is 19.1. The molecule has 7 N–H and O–H groups in total. The largest absolute Gasteiger partial charge is 0.508 e. The maximum absolute atomic E-state index is 14.6. The second-order valence-corrected chi connectivity index (χ2v) is 16.8. The van der Waals surface area contributed by atoms with E-state index < -0.39 is 12.0 Å². The number of carbonyl (C=O) groups is 1. The van der Waals surface area contributed by atoms with Crippen molar-refractivity contribution >= 4 is 12.0 Å². The molecule has 10 nitrogen and oxygen atoms in total. The number of aryl methyl sites for hydroxylation is 1. The zero-order chi connectivity index (χ0) is 40.1. The van der Waals surface area contributed by atoms with Crippen LogP contribution in [0.2, 0.25) is 0 Å². The number of benzene rings is 4. The highest BCUT2D eigenvalue weighted by Gasteiger charge is 2.61. The van der Waals surface area contributed by atoms with E-state index in [0.29, 0.717) is 24.9 Å². The summed E-state index contributed by atoms with van der Waals surface area (Å²) in [6, 6.07) is 23.8. The van der Waals surface area contributed by atoms with Gasteiger partial charge in [-0.15, -0.1) is 0 Å². The number of allylic oxidation sites excluding steroid dienone is 3. The molecule has 2 bridgehead atoms. The minimum absolute atomic E-state index is 0.0107. The van der Waals surface area contributed by atoms with Gasteiger partial charge in [-0.05, 0) is 125 Å². The molecule has 4 aliphatic carbocycles. The molecule has 9 rings (SSSR count). The molecule has 4 aromatic rings. The zero-order valence-electron chi connectivity index (χ0n) is 32.2. The van der Waals surface area contributed by atoms with Crippen LogP contribution in [0.4, 0.5) is 0 Å². The van der Waals surface area contributed by atoms with E-state index in [1.54, 1.807) is 42.5 Å². The number of hydrogen-bond donors (Lipinski definition) is 6. The minimum atomic E-state index is -0.967. The smallest absolute Gasteiger partial charge is 0.200 e. The lowest BCUT2D eigenvalue weighted by atomic mass is 9.52. The van der Waals surface area contributed by atoms with Crippen LogP contribution in [0.1, 0.15) is 58.9 Å². The third-order valence-corrected chi connectivity index (χ3v) is 13.7. The molecule has 5 aliphatic rings. The van der Waals surface area contributed by atoms with Crippen molar-refractivity contribution in [3.05, 3.63) is 130 Å². The number of phenols is 4. The first-order valence-electron chi connectivity index (χ1n) is 20.5. The maximum atomic E-state index is 14.6. The Morgan fingerprint density at radius 2 is 1.67 bits per heavy atom. The van der Waals surface area contributed by atoms with Crippen molar-refractivity contribution in [2.45, 2.75) is 56.7 Å². The molecule has 1 heterocycles. The quantitative estimate of drug-likeness (QED) is 0.0499. The summed E-state index contributed by atoms with van der Waals surface area (Å²) in [5.74, 6) is -1.35. The number of Topliss-reactive ketones (excluding diaryl/α,β-unsaturated/α-hetero) is 1. The molecule has 0 spiro atoms. The predicted molar refractivity (Wildman–Crippen MR) is 219 cm³/mol. The standard InChI is InChI=1S/C48H50N2O8/c49-25-58-41-19-27(10-14-39(41)53)9-13-38(52)36-21-35-32(29-15-16-50-23-29)11-12-33-34-20-30(17-26-5-2-1-3-6-26)42(45(43(33)35)46(36)55)37-22-40(54)47(56)48(44(34)37)57-24-28-7-4-8-31(51)18-28/h1-8,10-12,14-15,18-19,22-23,30,32-36,42-43,45-46,51,53-56H,9,13,16-17,20-21,24-25,49H2/t30-,32-,33-,34+,35-,36+,42+,43-,45+,46+/m1/s1. The number of aromatic hydroxyl groups is 4. The highest BCUT2D eigenvalue weighted by molar-refractivity contribution is 5.83. The first-order chi connectivity index (χ1) is 28.2. The van der Waals surface area contributed by atoms with Crippen molar-refractivity contribution < 1.29 is 39.8 Å². The number of phenolic OH excluding ortho intramolecular Hbond substituents is 4. The van der Waals surface area contributed by atoms with Crippen LogP contribution in [0.15, 0.2) is 108 Å². The van der Waals surface area contributed by atoms with Crippen LogP contribution in [0.3, 0.4) is 0 Å². The average Bonchev–Trinajstić information content (AvgIpc) is 3.68. The maximum Gasteiger partial charge on any atom is 0.200 e. The Hall–Kier alpha value is -5.58. The van der Waals surface area contributed by atoms with Crippen molar-refractivity contribution in [1.29, 1.82) is 0 Å². The Labute approximate surface area is 338 Å². The van der Waals surface area contributed by atoms with Crippen LogP contribution in [-0.2, 0) is 24.2 Å². The Balaban J connectivity index is 1.15. The second kappa shape index (κ2) is 15.6. The SMILES string of the molecule is NCOc1cc(CCC(=O)[C@@H]2C[C@H]3[C@H]4[C@H](C=C[C@@H]3C3=CCN=C3)[C@@H]3C[C@@H](Cc5ccccc5)[C@@H](c5cc(O)c(O)c(OCc6cccc(O)c6)c53)[C@@H]4[C@H]2O)ccc1O. The van der Waals surface area contributed by atoms with Gasteiger partial charge < -0.3 is 35.0 Å². The molecule has 300 valence electrons. The van der Waals surface area contributed by atoms with Crippen LogP contribution < -0.4 is 15.2 Å². The van der Waals surface area contributed by atoms with Crippen LogP contribution in [0.25, 0.3) is 0 Å². The van der Waals surface area contributed by atoms with Crippen LogP contribution in [0.5, 0.6) is 34.5 Å². The third-order valence-electron chi connectivity index (χ3n) is 13.7. The van der Waals surface area contributed by atoms with E-state index in [9.17, 15) is 30.3 Å². The summed E-state index contributed by atoms with van der Waals surface area (Å²) in [5.41, 5.74) is 11.1. The van der Waals surface area contributed by atoms with E-state index in [4.69, 9.17) is 15.2 Å². The first kappa shape index (κ1) is 38.0. The monoisotopic (exact) mass is 782 g/mol. The molecular formula is C48H50N2O8. The molecule has 1 fully saturated rings. The number of ether oxygens (including phenoxy) is 2. The van der Waals surface area contributed by atoms with Gasteiger partial charge in [0.1, 0.15) is 24.9 Å². The summed E-state index contributed by atoms with van der Waals surface area (Å²) in [7, 11) is 0. The Morgan fingerprint density at radius 1 is 0.845 bits per heavy atom. The normalized spacial score (nSPS) is 29.0. The topological polar surface area (TPSA) is 175 Å². The number of aliphatic hydroxyl groups excluding tert-OH is 1. The second-order valence-electron chi connectivity index (χ2n) is 16.8. The van der Waals surface area contributed by atoms with Crippen molar-refractivity contribution in [2.24, 2.45) is 52.2 Å². The van der Waals surface area contributed by atoms with Gasteiger partial charge in [0.15, 0.2) is 23.0 Å². The lowest BCUT2D eigenvalue weighted by molar-refractivity contribution is -0.138. The number of aliphatic hydroxyl groups is 1. The summed E-state index contributed by atoms with van der Waals surface area (Å²) in [6.07, 6.45) is 10.4. The Kier molecular flexibility index (Phi) is 10.2. The van der Waals surface area contributed by atoms with Gasteiger partial charge in [-0.1, -0.05) is 66.8 Å². The number of aliphatic imine (C=N–C) groups is 1. The van der Waals surface area contributed by atoms with Crippen LogP contribution in [-0.4, -0.2) is 56.9 Å². The lowest BCUT2D eigenvalue weighted by Gasteiger charge is -2.52. The molecule has 0 saturated heterocycles. The fourth-order valence-electron chi connectivity index (χ4n) is 11.4. The molecule has 10 atom stereocenters. The van der Waals surface area contributed by atoms with E-state index in [-0.39, 0.29) is 107 Å². The van der Waals surface area contributed by atoms with Crippen molar-refractivity contribution in [1.82, 2.24) is 0 Å². The number of nitrogens with zero attached hydrogens (tertiary/aromatic N) is 1. The van der Waals surface area contributed by atoms with Crippen molar-refractivity contribution in [3.8, 4) is 34.5 Å². The van der Waals surface area contributed by atoms with Gasteiger partial charge in [0, 0.05) is 30.0 Å². The van der Waals surface area contributed by atoms with Crippen LogP contribution >= 0.6 is 0 Å². The number of rotatable bonds is 12. The Bertz CT molecular complexity index is 2290. The van der Waals surface area contributed by atoms with E-state index in [1.807, 2.05) is 30.5 Å². The number of hydrogen-bond acceptors (Lipinski definition) is 10. The molecule has 0 unspecified atom stereocenters. The molecule has 58 heavy (non-hydrogen) atoms. The first-order valence-corrected chi connectivity index (χ1v) is 20.5. The molecule has 0 aromatic heterocycles. The molecule has 0 amide bonds. The van der Waals surface area contributed by atoms with Gasteiger partial charge >= 0.3 is 0 Å². The average molecular weight is 783 g/mol. The fourth-order valence-corrected chi connectivity index (χ4v) is 11.4. The van der Waals surface area contributed by atoms with Gasteiger partial charge in [-0.25, -0.2) is 0 Å². The van der Waals surface area contributed by atoms with E-state index in [1.165, 1.54) is 5.56 Å². The molecular weight excluding hydrogens is 733 g/mol. The fraction of sp³-hybridized carbons (Fsp3) is 0.375. The molecule has 1 aliphatic heterocycles. The number of ketones is 1. The minimum Gasteiger partial charge on any atom is -0.508 e. The molecule has 4 aromatic carbocycles. The van der Waals surface area contributed by atoms with Crippen molar-refractivity contribution in [2.75, 3.05) is 13.3 Å². The van der Waals surface area contributed by atoms with Gasteiger partial charge in [0.05, 0.1) is 12.6 Å². The number of carbonyl (C=O) groups excluding carboxylic acids is 1. The van der Waals surface area contributed by atoms with Gasteiger partial charge in [-0.3, -0.25) is 15.5 Å². The molecule has 1 saturated carbocycles. The van der Waals surface area contributed by atoms with Gasteiger partial charge in [0.25, 0.3) is 0 Å². The number of fused-ring (bicyclic) bond motifs is 2. The van der Waals surface area contributed by atoms with E-state index in [2.05, 4.69) is 35.4 Å². The number of nitrogens with two attached hydrogens (primary N) is 1. The summed E-state index contributed by atoms with van der Waals surface area (Å²) >= 11 is 0. The Morgan fingerprint density at radius 3 is 2.45 bits per heavy atom. The summed E-state index contributed by atoms with van der Waals surface area (Å²) < 4.78 is 11.9. The zero-order valence-corrected chi connectivity index (χ0v) is 32.2. The summed E-state index contributed by atoms with van der Waals surface area (Å²) in [6.45, 7) is 0.588. The van der Waals surface area contributed by atoms with Gasteiger partial charge in [-0.2, -0.15) is 0 Å². The predicted octanol–water partition coefficient (Wildman–Crippen LogP) is 7.07. The van der Waals surface area contributed by atoms with E-state index in [0.717, 1.165) is 35.1 Å².